The molecule has 2 aromatic carbocycles. The molecule has 0 fully saturated rings. The van der Waals surface area contributed by atoms with Crippen molar-refractivity contribution >= 4 is 45.0 Å². The van der Waals surface area contributed by atoms with E-state index in [9.17, 15) is 18.0 Å². The summed E-state index contributed by atoms with van der Waals surface area (Å²) in [7, 11) is -1.10. The van der Waals surface area contributed by atoms with Crippen LogP contribution in [-0.2, 0) is 26.2 Å². The minimum atomic E-state index is -3.91. The molecule has 7 nitrogen and oxygen atoms in total. The molecule has 31 heavy (non-hydrogen) atoms. The zero-order valence-corrected chi connectivity index (χ0v) is 19.8. The molecule has 2 rings (SSSR count). The number of hydrogen-bond acceptors (Lipinski definition) is 4. The van der Waals surface area contributed by atoms with Gasteiger partial charge in [0.15, 0.2) is 0 Å². The van der Waals surface area contributed by atoms with Crippen molar-refractivity contribution in [3.05, 3.63) is 64.1 Å². The largest absolute Gasteiger partial charge is 0.357 e. The number of hydrogen-bond donors (Lipinski definition) is 1. The molecule has 168 valence electrons. The zero-order valence-electron chi connectivity index (χ0n) is 17.5. The number of benzene rings is 2. The van der Waals surface area contributed by atoms with E-state index in [0.717, 1.165) is 9.87 Å². The number of nitrogens with zero attached hydrogens (tertiary/aromatic N) is 2. The van der Waals surface area contributed by atoms with Crippen molar-refractivity contribution in [2.75, 3.05) is 20.6 Å². The van der Waals surface area contributed by atoms with Crippen molar-refractivity contribution in [3.63, 3.8) is 0 Å². The lowest BCUT2D eigenvalue weighted by Crippen LogP contribution is -2.51. The van der Waals surface area contributed by atoms with E-state index >= 15 is 0 Å². The summed E-state index contributed by atoms with van der Waals surface area (Å²) in [5.41, 5.74) is 0.767. The van der Waals surface area contributed by atoms with Crippen molar-refractivity contribution in [2.24, 2.45) is 0 Å². The predicted octanol–water partition coefficient (Wildman–Crippen LogP) is 3.17. The molecule has 0 radical (unpaired) electrons. The topological polar surface area (TPSA) is 86.8 Å². The van der Waals surface area contributed by atoms with Crippen LogP contribution in [0.15, 0.2) is 53.4 Å². The summed E-state index contributed by atoms with van der Waals surface area (Å²) >= 11 is 11.8. The Hall–Kier alpha value is -2.13. The van der Waals surface area contributed by atoms with Gasteiger partial charge in [0.2, 0.25) is 21.8 Å². The molecule has 1 atom stereocenters. The summed E-state index contributed by atoms with van der Waals surface area (Å²) in [6.45, 7) is 1.50. The molecule has 0 unspecified atom stereocenters. The quantitative estimate of drug-likeness (QED) is 0.590. The standard InChI is InChI=1S/C21H25Cl2N3O4S/c1-4-19(21(28)24-2)26(13-15-5-7-16(22)8-6-15)20(27)14-25(3)31(29,30)18-11-9-17(23)10-12-18/h5-12,19H,4,13-14H2,1-3H3,(H,24,28)/t19-/m0/s1. The normalized spacial score (nSPS) is 12.5. The predicted molar refractivity (Wildman–Crippen MR) is 121 cm³/mol. The molecule has 0 spiro atoms. The number of likely N-dealkylation sites (N-methyl/N-ethyl adjacent to an activating group) is 2. The smallest absolute Gasteiger partial charge is 0.243 e. The molecule has 0 aliphatic rings. The van der Waals surface area contributed by atoms with E-state index in [1.165, 1.54) is 43.3 Å². The molecule has 2 amide bonds. The van der Waals surface area contributed by atoms with Crippen LogP contribution < -0.4 is 5.32 Å². The lowest BCUT2D eigenvalue weighted by molar-refractivity contribution is -0.141. The van der Waals surface area contributed by atoms with Crippen LogP contribution in [0.25, 0.3) is 0 Å². The zero-order chi connectivity index (χ0) is 23.2. The van der Waals surface area contributed by atoms with Gasteiger partial charge >= 0.3 is 0 Å². The number of rotatable bonds is 9. The maximum atomic E-state index is 13.2. The van der Waals surface area contributed by atoms with E-state index in [2.05, 4.69) is 5.32 Å². The van der Waals surface area contributed by atoms with Crippen molar-refractivity contribution < 1.29 is 18.0 Å². The van der Waals surface area contributed by atoms with Gasteiger partial charge in [-0.05, 0) is 48.4 Å². The van der Waals surface area contributed by atoms with Gasteiger partial charge in [-0.15, -0.1) is 0 Å². The Kier molecular flexibility index (Phi) is 8.88. The van der Waals surface area contributed by atoms with Crippen LogP contribution in [0.3, 0.4) is 0 Å². The molecule has 0 heterocycles. The van der Waals surface area contributed by atoms with Crippen molar-refractivity contribution in [2.45, 2.75) is 30.8 Å². The summed E-state index contributed by atoms with van der Waals surface area (Å²) in [6, 6.07) is 11.8. The van der Waals surface area contributed by atoms with Crippen molar-refractivity contribution in [3.8, 4) is 0 Å². The summed E-state index contributed by atoms with van der Waals surface area (Å²) < 4.78 is 26.7. The second kappa shape index (κ2) is 10.9. The maximum absolute atomic E-state index is 13.2. The number of nitrogens with one attached hydrogen (secondary N) is 1. The van der Waals surface area contributed by atoms with Crippen molar-refractivity contribution in [1.82, 2.24) is 14.5 Å². The minimum Gasteiger partial charge on any atom is -0.357 e. The molecule has 1 N–H and O–H groups in total. The van der Waals surface area contributed by atoms with Gasteiger partial charge in [-0.1, -0.05) is 42.3 Å². The average molecular weight is 486 g/mol. The first-order chi connectivity index (χ1) is 14.6. The molecule has 0 aliphatic carbocycles. The molecule has 0 aromatic heterocycles. The van der Waals surface area contributed by atoms with Gasteiger partial charge in [-0.25, -0.2) is 8.42 Å². The number of amides is 2. The molecule has 2 aromatic rings. The highest BCUT2D eigenvalue weighted by Crippen LogP contribution is 2.19. The fraction of sp³-hybridized carbons (Fsp3) is 0.333. The summed E-state index contributed by atoms with van der Waals surface area (Å²) in [4.78, 5) is 27.0. The van der Waals surface area contributed by atoms with Crippen molar-refractivity contribution in [1.29, 1.82) is 0 Å². The first-order valence-electron chi connectivity index (χ1n) is 9.57. The van der Waals surface area contributed by atoms with Crippen LogP contribution in [0.5, 0.6) is 0 Å². The Morgan fingerprint density at radius 1 is 1.00 bits per heavy atom. The van der Waals surface area contributed by atoms with Gasteiger partial charge in [-0.3, -0.25) is 9.59 Å². The maximum Gasteiger partial charge on any atom is 0.243 e. The molecule has 0 aliphatic heterocycles. The first kappa shape index (κ1) is 25.1. The molecule has 0 bridgehead atoms. The second-order valence-electron chi connectivity index (χ2n) is 6.90. The van der Waals surface area contributed by atoms with Crippen LogP contribution >= 0.6 is 23.2 Å². The fourth-order valence-electron chi connectivity index (χ4n) is 3.03. The van der Waals surface area contributed by atoms with Gasteiger partial charge in [0.1, 0.15) is 6.04 Å². The van der Waals surface area contributed by atoms with Gasteiger partial charge in [0.05, 0.1) is 11.4 Å². The first-order valence-corrected chi connectivity index (χ1v) is 11.8. The third kappa shape index (κ3) is 6.43. The number of sulfonamides is 1. The third-order valence-electron chi connectivity index (χ3n) is 4.78. The number of carbonyl (C=O) groups excluding carboxylic acids is 2. The molecule has 10 heteroatoms. The SMILES string of the molecule is CC[C@@H](C(=O)NC)N(Cc1ccc(Cl)cc1)C(=O)CN(C)S(=O)(=O)c1ccc(Cl)cc1. The second-order valence-corrected chi connectivity index (χ2v) is 9.82. The number of carbonyl (C=O) groups is 2. The molecular weight excluding hydrogens is 461 g/mol. The fourth-order valence-corrected chi connectivity index (χ4v) is 4.40. The lowest BCUT2D eigenvalue weighted by Gasteiger charge is -2.31. The van der Waals surface area contributed by atoms with Crippen LogP contribution in [0.2, 0.25) is 10.0 Å². The van der Waals surface area contributed by atoms with Gasteiger partial charge < -0.3 is 10.2 Å². The Labute approximate surface area is 193 Å². The third-order valence-corrected chi connectivity index (χ3v) is 7.10. The Morgan fingerprint density at radius 3 is 2.00 bits per heavy atom. The lowest BCUT2D eigenvalue weighted by atomic mass is 10.1. The molecule has 0 saturated heterocycles. The Morgan fingerprint density at radius 2 is 1.52 bits per heavy atom. The molecule has 0 saturated carbocycles. The highest BCUT2D eigenvalue weighted by atomic mass is 35.5. The van der Waals surface area contributed by atoms with Gasteiger partial charge in [0, 0.05) is 30.7 Å². The van der Waals surface area contributed by atoms with Crippen LogP contribution in [0.4, 0.5) is 0 Å². The Bertz CT molecular complexity index is 1010. The van der Waals surface area contributed by atoms with E-state index in [0.29, 0.717) is 16.5 Å². The highest BCUT2D eigenvalue weighted by molar-refractivity contribution is 7.89. The van der Waals surface area contributed by atoms with Crippen LogP contribution in [0, 0.1) is 0 Å². The van der Waals surface area contributed by atoms with Crippen LogP contribution in [-0.4, -0.2) is 56.1 Å². The Balaban J connectivity index is 2.29. The monoisotopic (exact) mass is 485 g/mol. The minimum absolute atomic E-state index is 0.0230. The van der Waals surface area contributed by atoms with E-state index in [-0.39, 0.29) is 17.3 Å². The average Bonchev–Trinajstić information content (AvgIpc) is 2.74. The van der Waals surface area contributed by atoms with Gasteiger partial charge in [0.25, 0.3) is 0 Å². The highest BCUT2D eigenvalue weighted by Gasteiger charge is 2.31. The summed E-state index contributed by atoms with van der Waals surface area (Å²) in [5.74, 6) is -0.821. The number of halogens is 2. The van der Waals surface area contributed by atoms with Gasteiger partial charge in [-0.2, -0.15) is 4.31 Å². The van der Waals surface area contributed by atoms with E-state index in [1.54, 1.807) is 31.2 Å². The van der Waals surface area contributed by atoms with Crippen LogP contribution in [0.1, 0.15) is 18.9 Å². The molecular formula is C21H25Cl2N3O4S. The van der Waals surface area contributed by atoms with E-state index < -0.39 is 28.5 Å². The van der Waals surface area contributed by atoms with E-state index in [4.69, 9.17) is 23.2 Å². The summed E-state index contributed by atoms with van der Waals surface area (Å²) in [6.07, 6.45) is 0.368. The summed E-state index contributed by atoms with van der Waals surface area (Å²) in [5, 5.41) is 3.52. The van der Waals surface area contributed by atoms with E-state index in [1.807, 2.05) is 0 Å².